The summed E-state index contributed by atoms with van der Waals surface area (Å²) in [5.74, 6) is -0.626. The molecule has 2 aromatic rings. The van der Waals surface area contributed by atoms with Gasteiger partial charge in [0.2, 0.25) is 11.8 Å². The number of halogens is 1. The van der Waals surface area contributed by atoms with Gasteiger partial charge in [0, 0.05) is 12.2 Å². The standard InChI is InChI=1S/C21H26FN3O2/c1-3-12-25(15-21(27)24-19-7-5-4-6-16(19)2)14-20(26)23-13-17-8-10-18(22)11-9-17/h4-11H,3,12-15H2,1-2H3,(H,23,26)(H,24,27). The van der Waals surface area contributed by atoms with Gasteiger partial charge in [0.25, 0.3) is 0 Å². The summed E-state index contributed by atoms with van der Waals surface area (Å²) in [6.07, 6.45) is 0.836. The first-order chi connectivity index (χ1) is 13.0. The molecule has 6 heteroatoms. The largest absolute Gasteiger partial charge is 0.351 e. The van der Waals surface area contributed by atoms with Crippen LogP contribution in [0.15, 0.2) is 48.5 Å². The maximum atomic E-state index is 12.9. The highest BCUT2D eigenvalue weighted by atomic mass is 19.1. The number of benzene rings is 2. The van der Waals surface area contributed by atoms with Gasteiger partial charge in [0.15, 0.2) is 0 Å². The van der Waals surface area contributed by atoms with Crippen LogP contribution in [0.3, 0.4) is 0 Å². The number of rotatable bonds is 9. The van der Waals surface area contributed by atoms with Gasteiger partial charge in [0.05, 0.1) is 13.1 Å². The Hall–Kier alpha value is -2.73. The molecule has 27 heavy (non-hydrogen) atoms. The lowest BCUT2D eigenvalue weighted by Crippen LogP contribution is -2.41. The topological polar surface area (TPSA) is 61.4 Å². The summed E-state index contributed by atoms with van der Waals surface area (Å²) in [4.78, 5) is 26.3. The van der Waals surface area contributed by atoms with Crippen molar-refractivity contribution in [3.05, 3.63) is 65.5 Å². The zero-order valence-corrected chi connectivity index (χ0v) is 15.8. The van der Waals surface area contributed by atoms with Crippen LogP contribution in [-0.2, 0) is 16.1 Å². The number of hydrogen-bond donors (Lipinski definition) is 2. The summed E-state index contributed by atoms with van der Waals surface area (Å²) in [5, 5.41) is 5.69. The van der Waals surface area contributed by atoms with Crippen LogP contribution in [0, 0.1) is 12.7 Å². The smallest absolute Gasteiger partial charge is 0.238 e. The van der Waals surface area contributed by atoms with E-state index in [-0.39, 0.29) is 30.7 Å². The van der Waals surface area contributed by atoms with E-state index < -0.39 is 0 Å². The van der Waals surface area contributed by atoms with Gasteiger partial charge in [-0.05, 0) is 49.2 Å². The second kappa shape index (κ2) is 10.4. The molecule has 0 bridgehead atoms. The SMILES string of the molecule is CCCN(CC(=O)NCc1ccc(F)cc1)CC(=O)Nc1ccccc1C. The molecule has 2 amide bonds. The van der Waals surface area contributed by atoms with Gasteiger partial charge in [-0.2, -0.15) is 0 Å². The van der Waals surface area contributed by atoms with Gasteiger partial charge in [-0.25, -0.2) is 4.39 Å². The van der Waals surface area contributed by atoms with Gasteiger partial charge in [0.1, 0.15) is 5.82 Å². The Bertz CT molecular complexity index is 762. The molecule has 2 N–H and O–H groups in total. The van der Waals surface area contributed by atoms with Gasteiger partial charge in [-0.1, -0.05) is 37.3 Å². The first-order valence-corrected chi connectivity index (χ1v) is 9.07. The van der Waals surface area contributed by atoms with E-state index in [2.05, 4.69) is 10.6 Å². The molecule has 2 rings (SSSR count). The molecule has 5 nitrogen and oxygen atoms in total. The summed E-state index contributed by atoms with van der Waals surface area (Å²) >= 11 is 0. The highest BCUT2D eigenvalue weighted by Crippen LogP contribution is 2.13. The van der Waals surface area contributed by atoms with Crippen LogP contribution >= 0.6 is 0 Å². The van der Waals surface area contributed by atoms with Crippen LogP contribution in [0.1, 0.15) is 24.5 Å². The van der Waals surface area contributed by atoms with E-state index in [0.29, 0.717) is 13.1 Å². The molecule has 0 fully saturated rings. The van der Waals surface area contributed by atoms with E-state index in [1.54, 1.807) is 12.1 Å². The summed E-state index contributed by atoms with van der Waals surface area (Å²) in [6.45, 7) is 5.19. The van der Waals surface area contributed by atoms with E-state index in [4.69, 9.17) is 0 Å². The number of aryl methyl sites for hydroxylation is 1. The minimum absolute atomic E-state index is 0.135. The molecule has 0 saturated heterocycles. The Morgan fingerprint density at radius 3 is 2.33 bits per heavy atom. The Labute approximate surface area is 159 Å². The number of nitrogens with one attached hydrogen (secondary N) is 2. The molecule has 144 valence electrons. The fourth-order valence-electron chi connectivity index (χ4n) is 2.70. The van der Waals surface area contributed by atoms with Crippen molar-refractivity contribution < 1.29 is 14.0 Å². The van der Waals surface area contributed by atoms with Crippen molar-refractivity contribution in [2.24, 2.45) is 0 Å². The van der Waals surface area contributed by atoms with Crippen LogP contribution in [0.2, 0.25) is 0 Å². The van der Waals surface area contributed by atoms with Crippen molar-refractivity contribution in [2.45, 2.75) is 26.8 Å². The van der Waals surface area contributed by atoms with E-state index in [9.17, 15) is 14.0 Å². The number of anilines is 1. The van der Waals surface area contributed by atoms with Crippen LogP contribution in [-0.4, -0.2) is 36.3 Å². The second-order valence-electron chi connectivity index (χ2n) is 6.48. The maximum absolute atomic E-state index is 12.9. The third-order valence-corrected chi connectivity index (χ3v) is 4.10. The molecule has 0 spiro atoms. The number of hydrogen-bond acceptors (Lipinski definition) is 3. The van der Waals surface area contributed by atoms with E-state index >= 15 is 0 Å². The van der Waals surface area contributed by atoms with E-state index in [1.165, 1.54) is 12.1 Å². The average molecular weight is 371 g/mol. The molecule has 0 aliphatic heterocycles. The highest BCUT2D eigenvalue weighted by molar-refractivity contribution is 5.93. The molecule has 0 heterocycles. The third-order valence-electron chi connectivity index (χ3n) is 4.10. The fraction of sp³-hybridized carbons (Fsp3) is 0.333. The molecule has 0 aliphatic carbocycles. The summed E-state index contributed by atoms with van der Waals surface area (Å²) < 4.78 is 12.9. The number of nitrogens with zero attached hydrogens (tertiary/aromatic N) is 1. The first kappa shape index (κ1) is 20.6. The lowest BCUT2D eigenvalue weighted by Gasteiger charge is -2.21. The Balaban J connectivity index is 1.84. The van der Waals surface area contributed by atoms with Crippen molar-refractivity contribution in [1.29, 1.82) is 0 Å². The van der Waals surface area contributed by atoms with Crippen molar-refractivity contribution in [2.75, 3.05) is 25.0 Å². The van der Waals surface area contributed by atoms with Crippen molar-refractivity contribution in [3.63, 3.8) is 0 Å². The molecule has 2 aromatic carbocycles. The number of carbonyl (C=O) groups is 2. The molecular formula is C21H26FN3O2. The molecule has 0 saturated carbocycles. The lowest BCUT2D eigenvalue weighted by molar-refractivity contribution is -0.123. The monoisotopic (exact) mass is 371 g/mol. The number of carbonyl (C=O) groups excluding carboxylic acids is 2. The number of amides is 2. The zero-order chi connectivity index (χ0) is 19.6. The molecule has 0 unspecified atom stereocenters. The van der Waals surface area contributed by atoms with Crippen LogP contribution < -0.4 is 10.6 Å². The molecular weight excluding hydrogens is 345 g/mol. The third kappa shape index (κ3) is 7.19. The molecule has 0 radical (unpaired) electrons. The minimum atomic E-state index is -0.307. The Morgan fingerprint density at radius 2 is 1.67 bits per heavy atom. The molecule has 0 atom stereocenters. The summed E-state index contributed by atoms with van der Waals surface area (Å²) in [6, 6.07) is 13.6. The van der Waals surface area contributed by atoms with Crippen LogP contribution in [0.4, 0.5) is 10.1 Å². The van der Waals surface area contributed by atoms with Crippen molar-refractivity contribution >= 4 is 17.5 Å². The van der Waals surface area contributed by atoms with Gasteiger partial charge in [-0.3, -0.25) is 14.5 Å². The fourth-order valence-corrected chi connectivity index (χ4v) is 2.70. The predicted molar refractivity (Wildman–Crippen MR) is 105 cm³/mol. The minimum Gasteiger partial charge on any atom is -0.351 e. The van der Waals surface area contributed by atoms with E-state index in [1.807, 2.05) is 43.0 Å². The second-order valence-corrected chi connectivity index (χ2v) is 6.48. The van der Waals surface area contributed by atoms with Gasteiger partial charge in [-0.15, -0.1) is 0 Å². The van der Waals surface area contributed by atoms with Crippen LogP contribution in [0.25, 0.3) is 0 Å². The van der Waals surface area contributed by atoms with Gasteiger partial charge >= 0.3 is 0 Å². The quantitative estimate of drug-likeness (QED) is 0.712. The van der Waals surface area contributed by atoms with Crippen molar-refractivity contribution in [1.82, 2.24) is 10.2 Å². The van der Waals surface area contributed by atoms with Crippen LogP contribution in [0.5, 0.6) is 0 Å². The Morgan fingerprint density at radius 1 is 1.00 bits per heavy atom. The zero-order valence-electron chi connectivity index (χ0n) is 15.8. The van der Waals surface area contributed by atoms with Crippen molar-refractivity contribution in [3.8, 4) is 0 Å². The average Bonchev–Trinajstić information content (AvgIpc) is 2.63. The van der Waals surface area contributed by atoms with Gasteiger partial charge < -0.3 is 10.6 Å². The molecule has 0 aliphatic rings. The maximum Gasteiger partial charge on any atom is 0.238 e. The molecule has 0 aromatic heterocycles. The van der Waals surface area contributed by atoms with E-state index in [0.717, 1.165) is 23.2 Å². The number of para-hydroxylation sites is 1. The first-order valence-electron chi connectivity index (χ1n) is 9.07. The highest BCUT2D eigenvalue weighted by Gasteiger charge is 2.14. The normalized spacial score (nSPS) is 10.7. The Kier molecular flexibility index (Phi) is 7.95. The predicted octanol–water partition coefficient (Wildman–Crippen LogP) is 3.10. The lowest BCUT2D eigenvalue weighted by atomic mass is 10.2. The summed E-state index contributed by atoms with van der Waals surface area (Å²) in [7, 11) is 0. The summed E-state index contributed by atoms with van der Waals surface area (Å²) in [5.41, 5.74) is 2.59.